The van der Waals surface area contributed by atoms with E-state index in [0.717, 1.165) is 28.0 Å². The first-order chi connectivity index (χ1) is 9.79. The van der Waals surface area contributed by atoms with Gasteiger partial charge >= 0.3 is 0 Å². The first-order valence-corrected chi connectivity index (χ1v) is 8.39. The smallest absolute Gasteiger partial charge is 0.168 e. The van der Waals surface area contributed by atoms with Gasteiger partial charge in [-0.3, -0.25) is 4.99 Å². The lowest BCUT2D eigenvalue weighted by Gasteiger charge is -2.18. The summed E-state index contributed by atoms with van der Waals surface area (Å²) in [5, 5.41) is 5.22. The number of nitrogens with zero attached hydrogens (tertiary/aromatic N) is 2. The summed E-state index contributed by atoms with van der Waals surface area (Å²) < 4.78 is 1.15. The maximum absolute atomic E-state index is 6.29. The third kappa shape index (κ3) is 1.68. The predicted octanol–water partition coefficient (Wildman–Crippen LogP) is 4.83. The van der Waals surface area contributed by atoms with Crippen molar-refractivity contribution in [2.45, 2.75) is 0 Å². The number of hydrogen-bond acceptors (Lipinski definition) is 4. The van der Waals surface area contributed by atoms with Crippen LogP contribution in [0.4, 0.5) is 0 Å². The molecule has 1 aromatic carbocycles. The van der Waals surface area contributed by atoms with Crippen LogP contribution in [0.25, 0.3) is 15.8 Å². The Morgan fingerprint density at radius 2 is 2.25 bits per heavy atom. The highest BCUT2D eigenvalue weighted by Crippen LogP contribution is 2.45. The Labute approximate surface area is 130 Å². The molecule has 2 aliphatic heterocycles. The highest BCUT2D eigenvalue weighted by atomic mass is 35.5. The zero-order valence-corrected chi connectivity index (χ0v) is 13.0. The van der Waals surface area contributed by atoms with Crippen molar-refractivity contribution in [1.29, 1.82) is 0 Å². The summed E-state index contributed by atoms with van der Waals surface area (Å²) in [4.78, 5) is 8.02. The van der Waals surface area contributed by atoms with E-state index in [0.29, 0.717) is 0 Å². The molecule has 0 spiro atoms. The molecule has 0 saturated heterocycles. The van der Waals surface area contributed by atoms with Crippen molar-refractivity contribution in [2.75, 3.05) is 13.1 Å². The van der Waals surface area contributed by atoms with Crippen molar-refractivity contribution in [3.8, 4) is 0 Å². The average molecular weight is 319 g/mol. The minimum absolute atomic E-state index is 0.820. The van der Waals surface area contributed by atoms with Crippen LogP contribution in [-0.4, -0.2) is 23.2 Å². The summed E-state index contributed by atoms with van der Waals surface area (Å²) in [6.07, 6.45) is 1.92. The van der Waals surface area contributed by atoms with Gasteiger partial charge in [-0.25, -0.2) is 0 Å². The van der Waals surface area contributed by atoms with E-state index >= 15 is 0 Å². The van der Waals surface area contributed by atoms with Gasteiger partial charge in [-0.1, -0.05) is 30.3 Å². The third-order valence-corrected chi connectivity index (χ3v) is 6.00. The number of fused-ring (bicyclic) bond motifs is 2. The summed E-state index contributed by atoms with van der Waals surface area (Å²) in [6.45, 7) is 5.77. The van der Waals surface area contributed by atoms with Gasteiger partial charge in [-0.2, -0.15) is 0 Å². The number of halogens is 1. The zero-order chi connectivity index (χ0) is 13.7. The van der Waals surface area contributed by atoms with Gasteiger partial charge in [0.1, 0.15) is 0 Å². The minimum Gasteiger partial charge on any atom is -0.317 e. The maximum Gasteiger partial charge on any atom is 0.168 e. The van der Waals surface area contributed by atoms with Crippen LogP contribution in [0.2, 0.25) is 5.02 Å². The second kappa shape index (κ2) is 4.65. The number of hydrogen-bond donors (Lipinski definition) is 0. The molecule has 2 aliphatic rings. The van der Waals surface area contributed by atoms with E-state index < -0.39 is 0 Å². The van der Waals surface area contributed by atoms with E-state index in [4.69, 9.17) is 11.6 Å². The molecule has 0 fully saturated rings. The number of thiophene rings is 1. The van der Waals surface area contributed by atoms with Crippen LogP contribution in [0.5, 0.6) is 0 Å². The Balaban J connectivity index is 1.98. The molecule has 0 unspecified atom stereocenters. The molecule has 0 amide bonds. The standard InChI is InChI=1S/C15H11ClN2S2/c1-2-12-13(18-7-6-17-15(18)20-12)9-3-4-11(16)14-10(9)5-8-19-14/h2-5,8H,1,6-7H2. The molecule has 2 aromatic rings. The number of aliphatic imine (C=N–C) groups is 1. The van der Waals surface area contributed by atoms with E-state index in [9.17, 15) is 0 Å². The van der Waals surface area contributed by atoms with Gasteiger partial charge < -0.3 is 4.90 Å². The molecule has 3 heterocycles. The Morgan fingerprint density at radius 3 is 3.10 bits per heavy atom. The van der Waals surface area contributed by atoms with Crippen LogP contribution in [0.3, 0.4) is 0 Å². The first-order valence-electron chi connectivity index (χ1n) is 6.32. The lowest BCUT2D eigenvalue weighted by molar-refractivity contribution is 0.649. The van der Waals surface area contributed by atoms with Gasteiger partial charge in [0.05, 0.1) is 22.0 Å². The number of amidine groups is 1. The van der Waals surface area contributed by atoms with Crippen LogP contribution >= 0.6 is 34.7 Å². The molecule has 0 bridgehead atoms. The van der Waals surface area contributed by atoms with Gasteiger partial charge in [0.2, 0.25) is 0 Å². The minimum atomic E-state index is 0.820. The number of rotatable bonds is 2. The fraction of sp³-hybridized carbons (Fsp3) is 0.133. The van der Waals surface area contributed by atoms with Crippen molar-refractivity contribution in [2.24, 2.45) is 4.99 Å². The topological polar surface area (TPSA) is 15.6 Å². The molecule has 20 heavy (non-hydrogen) atoms. The lowest BCUT2D eigenvalue weighted by Crippen LogP contribution is -2.20. The summed E-state index contributed by atoms with van der Waals surface area (Å²) in [6, 6.07) is 6.24. The highest BCUT2D eigenvalue weighted by Gasteiger charge is 2.32. The Hall–Kier alpha value is -1.23. The monoisotopic (exact) mass is 318 g/mol. The SMILES string of the molecule is C=CC1=C(c2ccc(Cl)c3sccc23)N2CCN=C2S1. The summed E-state index contributed by atoms with van der Waals surface area (Å²) in [5.74, 6) is 0. The lowest BCUT2D eigenvalue weighted by atomic mass is 10.1. The quantitative estimate of drug-likeness (QED) is 0.788. The van der Waals surface area contributed by atoms with Crippen molar-refractivity contribution < 1.29 is 0 Å². The predicted molar refractivity (Wildman–Crippen MR) is 90.6 cm³/mol. The molecule has 0 N–H and O–H groups in total. The number of allylic oxidation sites excluding steroid dienone is 1. The molecule has 0 atom stereocenters. The molecule has 100 valence electrons. The van der Waals surface area contributed by atoms with Crippen LogP contribution in [0.1, 0.15) is 5.56 Å². The normalized spacial score (nSPS) is 17.9. The fourth-order valence-electron chi connectivity index (χ4n) is 2.65. The van der Waals surface area contributed by atoms with E-state index in [2.05, 4.69) is 34.0 Å². The first kappa shape index (κ1) is 12.5. The van der Waals surface area contributed by atoms with Crippen molar-refractivity contribution in [1.82, 2.24) is 4.90 Å². The van der Waals surface area contributed by atoms with Crippen molar-refractivity contribution in [3.05, 3.63) is 51.7 Å². The number of benzene rings is 1. The third-order valence-electron chi connectivity index (χ3n) is 3.52. The molecular weight excluding hydrogens is 308 g/mol. The van der Waals surface area contributed by atoms with E-state index in [-0.39, 0.29) is 0 Å². The second-order valence-electron chi connectivity index (χ2n) is 4.59. The highest BCUT2D eigenvalue weighted by molar-refractivity contribution is 8.17. The Morgan fingerprint density at radius 1 is 1.35 bits per heavy atom. The Kier molecular flexibility index (Phi) is 2.91. The van der Waals surface area contributed by atoms with Crippen LogP contribution in [0, 0.1) is 0 Å². The van der Waals surface area contributed by atoms with Crippen LogP contribution in [0.15, 0.2) is 46.1 Å². The summed E-state index contributed by atoms with van der Waals surface area (Å²) in [5.41, 5.74) is 2.45. The summed E-state index contributed by atoms with van der Waals surface area (Å²) >= 11 is 9.68. The fourth-order valence-corrected chi connectivity index (χ4v) is 4.82. The van der Waals surface area contributed by atoms with Gasteiger partial charge in [0.25, 0.3) is 0 Å². The van der Waals surface area contributed by atoms with Gasteiger partial charge in [0, 0.05) is 22.4 Å². The van der Waals surface area contributed by atoms with Gasteiger partial charge in [0.15, 0.2) is 5.17 Å². The van der Waals surface area contributed by atoms with Gasteiger partial charge in [-0.05, 0) is 29.3 Å². The molecule has 5 heteroatoms. The molecule has 0 aliphatic carbocycles. The van der Waals surface area contributed by atoms with E-state index in [1.807, 2.05) is 12.1 Å². The molecular formula is C15H11ClN2S2. The van der Waals surface area contributed by atoms with Crippen molar-refractivity contribution >= 4 is 55.7 Å². The molecule has 0 radical (unpaired) electrons. The average Bonchev–Trinajstić information content (AvgIpc) is 3.14. The summed E-state index contributed by atoms with van der Waals surface area (Å²) in [7, 11) is 0. The van der Waals surface area contributed by atoms with E-state index in [1.54, 1.807) is 23.1 Å². The zero-order valence-electron chi connectivity index (χ0n) is 10.6. The maximum atomic E-state index is 6.29. The molecule has 1 aromatic heterocycles. The van der Waals surface area contributed by atoms with Crippen molar-refractivity contribution in [3.63, 3.8) is 0 Å². The largest absolute Gasteiger partial charge is 0.317 e. The van der Waals surface area contributed by atoms with Crippen LogP contribution in [-0.2, 0) is 0 Å². The Bertz CT molecular complexity index is 788. The number of thioether (sulfide) groups is 1. The molecule has 4 rings (SSSR count). The van der Waals surface area contributed by atoms with Gasteiger partial charge in [-0.15, -0.1) is 11.3 Å². The second-order valence-corrected chi connectivity index (χ2v) is 6.93. The van der Waals surface area contributed by atoms with Crippen LogP contribution < -0.4 is 0 Å². The van der Waals surface area contributed by atoms with E-state index in [1.165, 1.54) is 21.6 Å². The molecule has 0 saturated carbocycles. The molecule has 2 nitrogen and oxygen atoms in total.